The third-order valence-corrected chi connectivity index (χ3v) is 9.47. The highest BCUT2D eigenvalue weighted by atomic mass is 16.2. The van der Waals surface area contributed by atoms with Crippen LogP contribution in [-0.2, 0) is 9.59 Å². The minimum atomic E-state index is 0.182. The van der Waals surface area contributed by atoms with Crippen molar-refractivity contribution >= 4 is 11.8 Å². The van der Waals surface area contributed by atoms with Crippen LogP contribution < -0.4 is 5.32 Å². The van der Waals surface area contributed by atoms with Gasteiger partial charge in [-0.25, -0.2) is 0 Å². The van der Waals surface area contributed by atoms with Crippen LogP contribution in [0.15, 0.2) is 0 Å². The summed E-state index contributed by atoms with van der Waals surface area (Å²) in [6.07, 6.45) is 8.84. The molecular weight excluding hydrogens is 336 g/mol. The first kappa shape index (κ1) is 19.3. The first-order valence-electron chi connectivity index (χ1n) is 11.4. The molecule has 0 aromatic carbocycles. The van der Waals surface area contributed by atoms with Crippen molar-refractivity contribution in [3.63, 3.8) is 0 Å². The Labute approximate surface area is 164 Å². The lowest BCUT2D eigenvalue weighted by Crippen LogP contribution is -2.61. The zero-order chi connectivity index (χ0) is 19.4. The summed E-state index contributed by atoms with van der Waals surface area (Å²) in [4.78, 5) is 27.2. The maximum Gasteiger partial charge on any atom is 0.226 e. The maximum absolute atomic E-state index is 13.2. The first-order chi connectivity index (χ1) is 12.8. The second-order valence-electron chi connectivity index (χ2n) is 10.3. The van der Waals surface area contributed by atoms with Crippen LogP contribution in [0.3, 0.4) is 0 Å². The third kappa shape index (κ3) is 2.76. The van der Waals surface area contributed by atoms with Crippen LogP contribution in [0, 0.1) is 34.5 Å². The quantitative estimate of drug-likeness (QED) is 0.812. The number of carbonyl (C=O) groups excluding carboxylic acids is 2. The van der Waals surface area contributed by atoms with Crippen molar-refractivity contribution < 1.29 is 9.59 Å². The fourth-order valence-corrected chi connectivity index (χ4v) is 7.86. The molecule has 4 aliphatic rings. The monoisotopic (exact) mass is 374 g/mol. The number of fused-ring (bicyclic) bond motifs is 5. The summed E-state index contributed by atoms with van der Waals surface area (Å²) in [5.41, 5.74) is 0.446. The Hall–Kier alpha value is -1.06. The summed E-state index contributed by atoms with van der Waals surface area (Å²) in [5, 5.41) is 3.32. The van der Waals surface area contributed by atoms with Gasteiger partial charge >= 0.3 is 0 Å². The van der Waals surface area contributed by atoms with Gasteiger partial charge in [0.05, 0.1) is 0 Å². The molecule has 0 spiro atoms. The predicted molar refractivity (Wildman–Crippen MR) is 107 cm³/mol. The molecule has 4 heteroatoms. The van der Waals surface area contributed by atoms with Crippen LogP contribution in [0.25, 0.3) is 0 Å². The molecule has 1 aliphatic heterocycles. The molecule has 4 nitrogen and oxygen atoms in total. The molecule has 2 unspecified atom stereocenters. The van der Waals surface area contributed by atoms with Gasteiger partial charge in [-0.15, -0.1) is 0 Å². The van der Waals surface area contributed by atoms with Gasteiger partial charge in [0.1, 0.15) is 0 Å². The number of hydrogen-bond donors (Lipinski definition) is 1. The summed E-state index contributed by atoms with van der Waals surface area (Å²) in [7, 11) is 0. The smallest absolute Gasteiger partial charge is 0.226 e. The number of piperidine rings is 1. The molecular formula is C23H38N2O2. The van der Waals surface area contributed by atoms with Gasteiger partial charge in [-0.2, -0.15) is 0 Å². The lowest BCUT2D eigenvalue weighted by molar-refractivity contribution is -0.147. The van der Waals surface area contributed by atoms with E-state index >= 15 is 0 Å². The number of nitrogens with zero attached hydrogens (tertiary/aromatic N) is 1. The van der Waals surface area contributed by atoms with E-state index in [2.05, 4.69) is 37.9 Å². The van der Waals surface area contributed by atoms with E-state index in [4.69, 9.17) is 0 Å². The molecule has 2 amide bonds. The van der Waals surface area contributed by atoms with Gasteiger partial charge < -0.3 is 10.2 Å². The summed E-state index contributed by atoms with van der Waals surface area (Å²) in [6.45, 7) is 10.8. The molecule has 1 saturated heterocycles. The van der Waals surface area contributed by atoms with E-state index in [1.54, 1.807) is 0 Å². The zero-order valence-corrected chi connectivity index (χ0v) is 17.7. The van der Waals surface area contributed by atoms with Gasteiger partial charge in [0.2, 0.25) is 11.8 Å². The maximum atomic E-state index is 13.2. The molecule has 0 radical (unpaired) electrons. The number of amides is 2. The van der Waals surface area contributed by atoms with E-state index in [9.17, 15) is 9.59 Å². The second-order valence-corrected chi connectivity index (χ2v) is 10.3. The molecule has 27 heavy (non-hydrogen) atoms. The zero-order valence-electron chi connectivity index (χ0n) is 17.7. The normalized spacial score (nSPS) is 46.1. The lowest BCUT2D eigenvalue weighted by Gasteiger charge is -2.60. The van der Waals surface area contributed by atoms with Crippen LogP contribution >= 0.6 is 0 Å². The molecule has 4 fully saturated rings. The topological polar surface area (TPSA) is 49.4 Å². The Bertz CT molecular complexity index is 615. The Balaban J connectivity index is 1.57. The van der Waals surface area contributed by atoms with Gasteiger partial charge in [0, 0.05) is 31.5 Å². The summed E-state index contributed by atoms with van der Waals surface area (Å²) < 4.78 is 0. The molecule has 3 saturated carbocycles. The first-order valence-corrected chi connectivity index (χ1v) is 11.4. The van der Waals surface area contributed by atoms with Crippen molar-refractivity contribution in [1.82, 2.24) is 10.2 Å². The van der Waals surface area contributed by atoms with E-state index in [0.717, 1.165) is 44.2 Å². The van der Waals surface area contributed by atoms with Crippen molar-refractivity contribution in [3.8, 4) is 0 Å². The summed E-state index contributed by atoms with van der Waals surface area (Å²) in [5.74, 6) is 3.04. The van der Waals surface area contributed by atoms with Crippen molar-refractivity contribution in [3.05, 3.63) is 0 Å². The average molecular weight is 375 g/mol. The molecule has 0 bridgehead atoms. The molecule has 7 atom stereocenters. The van der Waals surface area contributed by atoms with E-state index in [0.29, 0.717) is 24.3 Å². The van der Waals surface area contributed by atoms with Crippen LogP contribution in [-0.4, -0.2) is 35.8 Å². The predicted octanol–water partition coefficient (Wildman–Crippen LogP) is 3.99. The standard InChI is InChI=1S/C23H38N2O2/c1-5-25(6-2)21(27)18-9-8-16-15-7-10-19-23(4,14-12-20(26)24-19)17(15)11-13-22(16,18)3/h15-19H,5-14H2,1-4H3,(H,24,26)/t15-,16-,17+,18?,19?,22-,23+/m0/s1. The highest BCUT2D eigenvalue weighted by Crippen LogP contribution is 2.65. The van der Waals surface area contributed by atoms with Gasteiger partial charge in [-0.1, -0.05) is 13.8 Å². The molecule has 0 aromatic rings. The van der Waals surface area contributed by atoms with Crippen molar-refractivity contribution in [1.29, 1.82) is 0 Å². The summed E-state index contributed by atoms with van der Waals surface area (Å²) >= 11 is 0. The molecule has 4 rings (SSSR count). The van der Waals surface area contributed by atoms with Gasteiger partial charge in [0.25, 0.3) is 0 Å². The molecule has 3 aliphatic carbocycles. The van der Waals surface area contributed by atoms with E-state index in [1.807, 2.05) is 0 Å². The number of hydrogen-bond acceptors (Lipinski definition) is 2. The Morgan fingerprint density at radius 3 is 2.41 bits per heavy atom. The van der Waals surface area contributed by atoms with Gasteiger partial charge in [-0.3, -0.25) is 9.59 Å². The third-order valence-electron chi connectivity index (χ3n) is 9.47. The fraction of sp³-hybridized carbons (Fsp3) is 0.913. The Morgan fingerprint density at radius 2 is 1.70 bits per heavy atom. The van der Waals surface area contributed by atoms with Crippen molar-refractivity contribution in [2.24, 2.45) is 34.5 Å². The Kier molecular flexibility index (Phi) is 4.83. The minimum Gasteiger partial charge on any atom is -0.353 e. The van der Waals surface area contributed by atoms with E-state index < -0.39 is 0 Å². The van der Waals surface area contributed by atoms with Gasteiger partial charge in [-0.05, 0) is 87.4 Å². The van der Waals surface area contributed by atoms with Crippen LogP contribution in [0.1, 0.15) is 79.1 Å². The minimum absolute atomic E-state index is 0.182. The SMILES string of the molecule is CCN(CC)C(=O)C1CC[C@H]2[C@@H]3CCC4NC(=O)CC[C@]4(C)[C@@H]3CC[C@]12C. The Morgan fingerprint density at radius 1 is 1.00 bits per heavy atom. The largest absolute Gasteiger partial charge is 0.353 e. The number of nitrogens with one attached hydrogen (secondary N) is 1. The van der Waals surface area contributed by atoms with Crippen LogP contribution in [0.5, 0.6) is 0 Å². The molecule has 1 N–H and O–H groups in total. The molecule has 152 valence electrons. The van der Waals surface area contributed by atoms with Crippen LogP contribution in [0.4, 0.5) is 0 Å². The van der Waals surface area contributed by atoms with Crippen molar-refractivity contribution in [2.75, 3.05) is 13.1 Å². The van der Waals surface area contributed by atoms with Crippen molar-refractivity contribution in [2.45, 2.75) is 85.1 Å². The van der Waals surface area contributed by atoms with E-state index in [-0.39, 0.29) is 22.7 Å². The second kappa shape index (κ2) is 6.77. The molecule has 1 heterocycles. The average Bonchev–Trinajstić information content (AvgIpc) is 3.00. The van der Waals surface area contributed by atoms with E-state index in [1.165, 1.54) is 25.7 Å². The number of carbonyl (C=O) groups is 2. The highest BCUT2D eigenvalue weighted by molar-refractivity contribution is 5.80. The fourth-order valence-electron chi connectivity index (χ4n) is 7.86. The summed E-state index contributed by atoms with van der Waals surface area (Å²) in [6, 6.07) is 0.374. The molecule has 0 aromatic heterocycles. The van der Waals surface area contributed by atoms with Gasteiger partial charge in [0.15, 0.2) is 0 Å². The van der Waals surface area contributed by atoms with Crippen LogP contribution in [0.2, 0.25) is 0 Å². The number of rotatable bonds is 3. The highest BCUT2D eigenvalue weighted by Gasteiger charge is 2.61. The lowest BCUT2D eigenvalue weighted by atomic mass is 9.47.